The number of hydrogen-bond acceptors (Lipinski definition) is 3. The Morgan fingerprint density at radius 2 is 1.79 bits per heavy atom. The highest BCUT2D eigenvalue weighted by Crippen LogP contribution is 2.16. The van der Waals surface area contributed by atoms with E-state index in [9.17, 15) is 4.79 Å². The van der Waals surface area contributed by atoms with E-state index in [1.54, 1.807) is 18.2 Å². The second kappa shape index (κ2) is 6.02. The SMILES string of the molecule is NC(=O)c1ccc(COCc2ccccc2)c(N)c1. The van der Waals surface area contributed by atoms with Crippen LogP contribution in [0.3, 0.4) is 0 Å². The lowest BCUT2D eigenvalue weighted by Crippen LogP contribution is -2.11. The van der Waals surface area contributed by atoms with Gasteiger partial charge in [-0.15, -0.1) is 0 Å². The molecule has 2 aromatic rings. The molecule has 0 saturated carbocycles. The molecular weight excluding hydrogens is 240 g/mol. The van der Waals surface area contributed by atoms with Crippen LogP contribution >= 0.6 is 0 Å². The van der Waals surface area contributed by atoms with Crippen LogP contribution in [0.5, 0.6) is 0 Å². The molecule has 2 aromatic carbocycles. The lowest BCUT2D eigenvalue weighted by Gasteiger charge is -2.08. The molecule has 0 spiro atoms. The molecule has 0 heterocycles. The van der Waals surface area contributed by atoms with Crippen molar-refractivity contribution in [3.8, 4) is 0 Å². The molecule has 0 radical (unpaired) electrons. The molecular formula is C15H16N2O2. The molecule has 0 unspecified atom stereocenters. The second-order valence-electron chi connectivity index (χ2n) is 4.26. The van der Waals surface area contributed by atoms with Crippen molar-refractivity contribution in [2.75, 3.05) is 5.73 Å². The largest absolute Gasteiger partial charge is 0.398 e. The van der Waals surface area contributed by atoms with E-state index in [-0.39, 0.29) is 0 Å². The molecule has 4 heteroatoms. The molecule has 0 aliphatic heterocycles. The predicted octanol–water partition coefficient (Wildman–Crippen LogP) is 2.08. The predicted molar refractivity (Wildman–Crippen MR) is 74.3 cm³/mol. The number of amides is 1. The third-order valence-electron chi connectivity index (χ3n) is 2.80. The van der Waals surface area contributed by atoms with Gasteiger partial charge in [-0.05, 0) is 17.7 Å². The Balaban J connectivity index is 1.95. The summed E-state index contributed by atoms with van der Waals surface area (Å²) < 4.78 is 5.59. The van der Waals surface area contributed by atoms with Gasteiger partial charge in [0.05, 0.1) is 13.2 Å². The van der Waals surface area contributed by atoms with Gasteiger partial charge in [0, 0.05) is 16.8 Å². The number of carbonyl (C=O) groups is 1. The van der Waals surface area contributed by atoms with E-state index in [4.69, 9.17) is 16.2 Å². The zero-order valence-corrected chi connectivity index (χ0v) is 10.5. The van der Waals surface area contributed by atoms with Gasteiger partial charge in [-0.2, -0.15) is 0 Å². The Hall–Kier alpha value is -2.33. The molecule has 0 atom stereocenters. The highest BCUT2D eigenvalue weighted by atomic mass is 16.5. The van der Waals surface area contributed by atoms with Crippen molar-refractivity contribution in [3.63, 3.8) is 0 Å². The number of anilines is 1. The quantitative estimate of drug-likeness (QED) is 0.804. The zero-order chi connectivity index (χ0) is 13.7. The van der Waals surface area contributed by atoms with Crippen molar-refractivity contribution in [1.29, 1.82) is 0 Å². The molecule has 0 aliphatic carbocycles. The molecule has 0 fully saturated rings. The van der Waals surface area contributed by atoms with Gasteiger partial charge in [0.1, 0.15) is 0 Å². The smallest absolute Gasteiger partial charge is 0.248 e. The van der Waals surface area contributed by atoms with Gasteiger partial charge in [0.2, 0.25) is 5.91 Å². The minimum Gasteiger partial charge on any atom is -0.398 e. The number of ether oxygens (including phenoxy) is 1. The van der Waals surface area contributed by atoms with Crippen molar-refractivity contribution in [2.24, 2.45) is 5.73 Å². The average molecular weight is 256 g/mol. The Morgan fingerprint density at radius 3 is 2.42 bits per heavy atom. The van der Waals surface area contributed by atoms with E-state index >= 15 is 0 Å². The van der Waals surface area contributed by atoms with Crippen molar-refractivity contribution in [2.45, 2.75) is 13.2 Å². The Bertz CT molecular complexity index is 568. The van der Waals surface area contributed by atoms with Gasteiger partial charge in [0.25, 0.3) is 0 Å². The van der Waals surface area contributed by atoms with Crippen molar-refractivity contribution >= 4 is 11.6 Å². The van der Waals surface area contributed by atoms with Crippen LogP contribution in [0.25, 0.3) is 0 Å². The lowest BCUT2D eigenvalue weighted by molar-refractivity contribution is 0.0999. The molecule has 0 bridgehead atoms. The van der Waals surface area contributed by atoms with Crippen LogP contribution in [0, 0.1) is 0 Å². The van der Waals surface area contributed by atoms with Crippen molar-refractivity contribution in [3.05, 3.63) is 65.2 Å². The van der Waals surface area contributed by atoms with Crippen LogP contribution in [0.4, 0.5) is 5.69 Å². The number of benzene rings is 2. The Kier molecular flexibility index (Phi) is 4.15. The van der Waals surface area contributed by atoms with Gasteiger partial charge in [-0.3, -0.25) is 4.79 Å². The van der Waals surface area contributed by atoms with Crippen LogP contribution in [0.15, 0.2) is 48.5 Å². The summed E-state index contributed by atoms with van der Waals surface area (Å²) >= 11 is 0. The van der Waals surface area contributed by atoms with Gasteiger partial charge < -0.3 is 16.2 Å². The van der Waals surface area contributed by atoms with Gasteiger partial charge >= 0.3 is 0 Å². The first kappa shape index (κ1) is 13.1. The van der Waals surface area contributed by atoms with E-state index in [2.05, 4.69) is 0 Å². The van der Waals surface area contributed by atoms with Crippen LogP contribution in [-0.2, 0) is 18.0 Å². The third kappa shape index (κ3) is 3.56. The van der Waals surface area contributed by atoms with Crippen LogP contribution in [-0.4, -0.2) is 5.91 Å². The topological polar surface area (TPSA) is 78.3 Å². The summed E-state index contributed by atoms with van der Waals surface area (Å²) in [5.41, 5.74) is 13.9. The number of nitrogen functional groups attached to an aromatic ring is 1. The number of rotatable bonds is 5. The van der Waals surface area contributed by atoms with E-state index in [0.717, 1.165) is 11.1 Å². The zero-order valence-electron chi connectivity index (χ0n) is 10.5. The van der Waals surface area contributed by atoms with Gasteiger partial charge in [-0.1, -0.05) is 36.4 Å². The summed E-state index contributed by atoms with van der Waals surface area (Å²) in [5, 5.41) is 0. The normalized spacial score (nSPS) is 10.3. The maximum atomic E-state index is 11.0. The summed E-state index contributed by atoms with van der Waals surface area (Å²) in [5.74, 6) is -0.483. The summed E-state index contributed by atoms with van der Waals surface area (Å²) in [6.45, 7) is 0.928. The van der Waals surface area contributed by atoms with Gasteiger partial charge in [0.15, 0.2) is 0 Å². The summed E-state index contributed by atoms with van der Waals surface area (Å²) in [6.07, 6.45) is 0. The molecule has 4 N–H and O–H groups in total. The molecule has 0 aliphatic rings. The maximum absolute atomic E-state index is 11.0. The van der Waals surface area contributed by atoms with Crippen LogP contribution < -0.4 is 11.5 Å². The molecule has 4 nitrogen and oxygen atoms in total. The highest BCUT2D eigenvalue weighted by Gasteiger charge is 2.05. The van der Waals surface area contributed by atoms with E-state index < -0.39 is 5.91 Å². The fraction of sp³-hybridized carbons (Fsp3) is 0.133. The maximum Gasteiger partial charge on any atom is 0.248 e. The van der Waals surface area contributed by atoms with Crippen molar-refractivity contribution in [1.82, 2.24) is 0 Å². The Morgan fingerprint density at radius 1 is 1.05 bits per heavy atom. The first-order chi connectivity index (χ1) is 9.16. The summed E-state index contributed by atoms with van der Waals surface area (Å²) in [7, 11) is 0. The molecule has 0 saturated heterocycles. The lowest BCUT2D eigenvalue weighted by atomic mass is 10.1. The monoisotopic (exact) mass is 256 g/mol. The average Bonchev–Trinajstić information content (AvgIpc) is 2.41. The third-order valence-corrected chi connectivity index (χ3v) is 2.80. The summed E-state index contributed by atoms with van der Waals surface area (Å²) in [6, 6.07) is 14.9. The molecule has 2 rings (SSSR count). The van der Waals surface area contributed by atoms with E-state index in [0.29, 0.717) is 24.5 Å². The fourth-order valence-corrected chi connectivity index (χ4v) is 1.73. The Labute approximate surface area is 112 Å². The molecule has 19 heavy (non-hydrogen) atoms. The summed E-state index contributed by atoms with van der Waals surface area (Å²) in [4.78, 5) is 11.0. The highest BCUT2D eigenvalue weighted by molar-refractivity contribution is 5.93. The molecule has 98 valence electrons. The van der Waals surface area contributed by atoms with E-state index in [1.165, 1.54) is 0 Å². The molecule has 0 aromatic heterocycles. The van der Waals surface area contributed by atoms with Crippen molar-refractivity contribution < 1.29 is 9.53 Å². The van der Waals surface area contributed by atoms with Crippen LogP contribution in [0.1, 0.15) is 21.5 Å². The number of nitrogens with two attached hydrogens (primary N) is 2. The number of carbonyl (C=O) groups excluding carboxylic acids is 1. The standard InChI is InChI=1S/C15H16N2O2/c16-14-8-12(15(17)18)6-7-13(14)10-19-9-11-4-2-1-3-5-11/h1-8H,9-10,16H2,(H2,17,18). The first-order valence-electron chi connectivity index (χ1n) is 5.96. The fourth-order valence-electron chi connectivity index (χ4n) is 1.73. The number of hydrogen-bond donors (Lipinski definition) is 2. The molecule has 1 amide bonds. The minimum atomic E-state index is -0.483. The first-order valence-corrected chi connectivity index (χ1v) is 5.96. The van der Waals surface area contributed by atoms with Gasteiger partial charge in [-0.25, -0.2) is 0 Å². The number of primary amides is 1. The minimum absolute atomic E-state index is 0.403. The van der Waals surface area contributed by atoms with Crippen LogP contribution in [0.2, 0.25) is 0 Å². The second-order valence-corrected chi connectivity index (χ2v) is 4.26. The van der Waals surface area contributed by atoms with E-state index in [1.807, 2.05) is 30.3 Å².